The number of anilines is 2. The lowest BCUT2D eigenvalue weighted by Gasteiger charge is -2.14. The van der Waals surface area contributed by atoms with Crippen LogP contribution in [0.2, 0.25) is 0 Å². The molecule has 0 fully saturated rings. The lowest BCUT2D eigenvalue weighted by Crippen LogP contribution is -2.14. The van der Waals surface area contributed by atoms with Gasteiger partial charge in [-0.25, -0.2) is 4.98 Å². The molecule has 2 rings (SSSR count). The minimum Gasteiger partial charge on any atom is -0.493 e. The van der Waals surface area contributed by atoms with E-state index in [1.54, 1.807) is 20.4 Å². The molecule has 0 saturated carbocycles. The molecule has 1 heterocycles. The van der Waals surface area contributed by atoms with E-state index < -0.39 is 0 Å². The van der Waals surface area contributed by atoms with Crippen LogP contribution in [-0.2, 0) is 0 Å². The molecule has 0 aliphatic heterocycles. The SMILES string of the molecule is COc1ccc(Nc2nccc(C)c2C(N)=S)cc1OC. The van der Waals surface area contributed by atoms with Crippen LogP contribution < -0.4 is 20.5 Å². The molecule has 3 N–H and O–H groups in total. The summed E-state index contributed by atoms with van der Waals surface area (Å²) in [4.78, 5) is 4.61. The highest BCUT2D eigenvalue weighted by molar-refractivity contribution is 7.80. The Kier molecular flexibility index (Phi) is 4.59. The topological polar surface area (TPSA) is 69.4 Å². The second kappa shape index (κ2) is 6.41. The summed E-state index contributed by atoms with van der Waals surface area (Å²) in [6.07, 6.45) is 1.71. The highest BCUT2D eigenvalue weighted by Gasteiger charge is 2.11. The summed E-state index contributed by atoms with van der Waals surface area (Å²) >= 11 is 5.09. The molecule has 0 aliphatic carbocycles. The maximum atomic E-state index is 5.78. The standard InChI is InChI=1S/C15H17N3O2S/c1-9-6-7-17-15(13(9)14(16)21)18-10-4-5-11(19-2)12(8-10)20-3/h4-8H,1-3H3,(H2,16,21)(H,17,18). The summed E-state index contributed by atoms with van der Waals surface area (Å²) in [5.74, 6) is 1.91. The second-order valence-electron chi connectivity index (χ2n) is 4.41. The van der Waals surface area contributed by atoms with Crippen molar-refractivity contribution in [2.24, 2.45) is 5.73 Å². The van der Waals surface area contributed by atoms with Crippen LogP contribution in [0.25, 0.3) is 0 Å². The number of benzene rings is 1. The normalized spacial score (nSPS) is 10.0. The molecule has 21 heavy (non-hydrogen) atoms. The first kappa shape index (κ1) is 15.1. The predicted octanol–water partition coefficient (Wildman–Crippen LogP) is 2.79. The number of nitrogens with zero attached hydrogens (tertiary/aromatic N) is 1. The van der Waals surface area contributed by atoms with Gasteiger partial charge in [0.2, 0.25) is 0 Å². The van der Waals surface area contributed by atoms with Gasteiger partial charge in [0.25, 0.3) is 0 Å². The van der Waals surface area contributed by atoms with Crippen LogP contribution in [0.15, 0.2) is 30.5 Å². The Morgan fingerprint density at radius 1 is 1.19 bits per heavy atom. The van der Waals surface area contributed by atoms with Gasteiger partial charge in [0.1, 0.15) is 10.8 Å². The predicted molar refractivity (Wildman–Crippen MR) is 87.7 cm³/mol. The van der Waals surface area contributed by atoms with Gasteiger partial charge >= 0.3 is 0 Å². The molecule has 1 aromatic carbocycles. The van der Waals surface area contributed by atoms with Gasteiger partial charge in [-0.3, -0.25) is 0 Å². The molecular formula is C15H17N3O2S. The summed E-state index contributed by atoms with van der Waals surface area (Å²) in [6, 6.07) is 7.38. The van der Waals surface area contributed by atoms with Gasteiger partial charge in [-0.05, 0) is 30.7 Å². The molecule has 0 spiro atoms. The van der Waals surface area contributed by atoms with Gasteiger partial charge < -0.3 is 20.5 Å². The van der Waals surface area contributed by atoms with Gasteiger partial charge in [0.05, 0.1) is 19.8 Å². The molecule has 0 aliphatic rings. The van der Waals surface area contributed by atoms with Crippen LogP contribution in [0.3, 0.4) is 0 Å². The molecule has 0 bridgehead atoms. The lowest BCUT2D eigenvalue weighted by atomic mass is 10.1. The number of hydrogen-bond donors (Lipinski definition) is 2. The number of hydrogen-bond acceptors (Lipinski definition) is 5. The molecule has 2 aromatic rings. The third-order valence-corrected chi connectivity index (χ3v) is 3.26. The molecule has 5 nitrogen and oxygen atoms in total. The molecular weight excluding hydrogens is 286 g/mol. The minimum atomic E-state index is 0.309. The monoisotopic (exact) mass is 303 g/mol. The fourth-order valence-corrected chi connectivity index (χ4v) is 2.27. The smallest absolute Gasteiger partial charge is 0.162 e. The van der Waals surface area contributed by atoms with E-state index in [2.05, 4.69) is 10.3 Å². The Morgan fingerprint density at radius 2 is 1.90 bits per heavy atom. The number of methoxy groups -OCH3 is 2. The number of nitrogens with two attached hydrogens (primary N) is 1. The number of nitrogens with one attached hydrogen (secondary N) is 1. The number of pyridine rings is 1. The first-order valence-corrected chi connectivity index (χ1v) is 6.72. The van der Waals surface area contributed by atoms with Gasteiger partial charge in [0, 0.05) is 18.0 Å². The molecule has 0 amide bonds. The zero-order valence-corrected chi connectivity index (χ0v) is 13.0. The first-order valence-electron chi connectivity index (χ1n) is 6.31. The van der Waals surface area contributed by atoms with Gasteiger partial charge in [-0.15, -0.1) is 0 Å². The van der Waals surface area contributed by atoms with Crippen molar-refractivity contribution < 1.29 is 9.47 Å². The van der Waals surface area contributed by atoms with E-state index in [9.17, 15) is 0 Å². The van der Waals surface area contributed by atoms with Crippen molar-refractivity contribution >= 4 is 28.7 Å². The van der Waals surface area contributed by atoms with Gasteiger partial charge in [0.15, 0.2) is 11.5 Å². The fourth-order valence-electron chi connectivity index (χ4n) is 2.01. The van der Waals surface area contributed by atoms with Crippen LogP contribution in [0, 0.1) is 6.92 Å². The van der Waals surface area contributed by atoms with E-state index in [1.807, 2.05) is 31.2 Å². The molecule has 0 atom stereocenters. The summed E-state index contributed by atoms with van der Waals surface area (Å²) < 4.78 is 10.5. The number of ether oxygens (including phenoxy) is 2. The van der Waals surface area contributed by atoms with Crippen LogP contribution in [0.4, 0.5) is 11.5 Å². The summed E-state index contributed by atoms with van der Waals surface area (Å²) in [5, 5.41) is 3.21. The maximum Gasteiger partial charge on any atom is 0.162 e. The fraction of sp³-hybridized carbons (Fsp3) is 0.200. The molecule has 0 saturated heterocycles. The van der Waals surface area contributed by atoms with E-state index >= 15 is 0 Å². The van der Waals surface area contributed by atoms with Crippen LogP contribution in [-0.4, -0.2) is 24.2 Å². The van der Waals surface area contributed by atoms with Crippen molar-refractivity contribution in [3.05, 3.63) is 41.6 Å². The number of aryl methyl sites for hydroxylation is 1. The van der Waals surface area contributed by atoms with Crippen molar-refractivity contribution in [1.29, 1.82) is 0 Å². The number of aromatic nitrogens is 1. The van der Waals surface area contributed by atoms with Crippen molar-refractivity contribution in [3.63, 3.8) is 0 Å². The Labute approximate surface area is 129 Å². The third-order valence-electron chi connectivity index (χ3n) is 3.05. The van der Waals surface area contributed by atoms with E-state index in [1.165, 1.54) is 0 Å². The third kappa shape index (κ3) is 3.22. The van der Waals surface area contributed by atoms with Gasteiger partial charge in [-0.1, -0.05) is 12.2 Å². The molecule has 110 valence electrons. The summed E-state index contributed by atoms with van der Waals surface area (Å²) in [5.41, 5.74) is 8.30. The van der Waals surface area contributed by atoms with E-state index in [-0.39, 0.29) is 0 Å². The summed E-state index contributed by atoms with van der Waals surface area (Å²) in [6.45, 7) is 1.94. The Balaban J connectivity index is 2.39. The van der Waals surface area contributed by atoms with E-state index in [4.69, 9.17) is 27.4 Å². The average molecular weight is 303 g/mol. The largest absolute Gasteiger partial charge is 0.493 e. The molecule has 0 radical (unpaired) electrons. The highest BCUT2D eigenvalue weighted by atomic mass is 32.1. The van der Waals surface area contributed by atoms with Crippen LogP contribution in [0.1, 0.15) is 11.1 Å². The average Bonchev–Trinajstić information content (AvgIpc) is 2.46. The van der Waals surface area contributed by atoms with Crippen molar-refractivity contribution in [3.8, 4) is 11.5 Å². The number of rotatable bonds is 5. The van der Waals surface area contributed by atoms with E-state index in [0.29, 0.717) is 22.3 Å². The second-order valence-corrected chi connectivity index (χ2v) is 4.85. The van der Waals surface area contributed by atoms with Gasteiger partial charge in [-0.2, -0.15) is 0 Å². The Bertz CT molecular complexity index is 674. The Hall–Kier alpha value is -2.34. The van der Waals surface area contributed by atoms with E-state index in [0.717, 1.165) is 16.8 Å². The lowest BCUT2D eigenvalue weighted by molar-refractivity contribution is 0.355. The Morgan fingerprint density at radius 3 is 2.52 bits per heavy atom. The highest BCUT2D eigenvalue weighted by Crippen LogP contribution is 2.31. The van der Waals surface area contributed by atoms with Crippen LogP contribution >= 0.6 is 12.2 Å². The zero-order valence-electron chi connectivity index (χ0n) is 12.1. The summed E-state index contributed by atoms with van der Waals surface area (Å²) in [7, 11) is 3.19. The van der Waals surface area contributed by atoms with Crippen molar-refractivity contribution in [2.75, 3.05) is 19.5 Å². The van der Waals surface area contributed by atoms with Crippen LogP contribution in [0.5, 0.6) is 11.5 Å². The first-order chi connectivity index (χ1) is 10.1. The van der Waals surface area contributed by atoms with Crippen molar-refractivity contribution in [1.82, 2.24) is 4.98 Å². The zero-order chi connectivity index (χ0) is 15.4. The molecule has 6 heteroatoms. The molecule has 0 unspecified atom stereocenters. The minimum absolute atomic E-state index is 0.309. The quantitative estimate of drug-likeness (QED) is 0.828. The molecule has 1 aromatic heterocycles. The number of thiocarbonyl (C=S) groups is 1. The van der Waals surface area contributed by atoms with Crippen molar-refractivity contribution in [2.45, 2.75) is 6.92 Å². The maximum absolute atomic E-state index is 5.78.